The van der Waals surface area contributed by atoms with Gasteiger partial charge in [-0.05, 0) is 33.7 Å². The highest BCUT2D eigenvalue weighted by atomic mass is 32.1. The highest BCUT2D eigenvalue weighted by molar-refractivity contribution is 7.09. The highest BCUT2D eigenvalue weighted by Crippen LogP contribution is 2.23. The van der Waals surface area contributed by atoms with E-state index in [1.165, 1.54) is 11.5 Å². The van der Waals surface area contributed by atoms with Crippen LogP contribution in [0.25, 0.3) is 11.2 Å². The molecule has 3 rings (SSSR count). The Morgan fingerprint density at radius 3 is 2.61 bits per heavy atom. The fourth-order valence-electron chi connectivity index (χ4n) is 2.78. The predicted molar refractivity (Wildman–Crippen MR) is 127 cm³/mol. The van der Waals surface area contributed by atoms with Gasteiger partial charge in [0.2, 0.25) is 5.13 Å². The van der Waals surface area contributed by atoms with E-state index >= 15 is 0 Å². The van der Waals surface area contributed by atoms with Gasteiger partial charge in [0.15, 0.2) is 11.5 Å². The molecule has 0 saturated carbocycles. The number of carbonyl (C=O) groups is 1. The zero-order chi connectivity index (χ0) is 22.8. The SMILES string of the molecule is Cc1nsc(Nc2cnc3c(n2)c(C(=O)NC(C)(C)C)cn3COCC[Si](C)(C)C)n1. The fraction of sp³-hybridized carbons (Fsp3) is 0.550. The molecule has 0 bridgehead atoms. The first-order valence-corrected chi connectivity index (χ1v) is 14.7. The van der Waals surface area contributed by atoms with Crippen molar-refractivity contribution in [3.8, 4) is 0 Å². The molecule has 2 N–H and O–H groups in total. The highest BCUT2D eigenvalue weighted by Gasteiger charge is 2.22. The lowest BCUT2D eigenvalue weighted by Gasteiger charge is -2.20. The summed E-state index contributed by atoms with van der Waals surface area (Å²) in [4.78, 5) is 26.5. The molecule has 9 nitrogen and oxygen atoms in total. The van der Waals surface area contributed by atoms with Gasteiger partial charge >= 0.3 is 0 Å². The van der Waals surface area contributed by atoms with Crippen LogP contribution in [0.15, 0.2) is 12.4 Å². The molecular formula is C20H31N7O2SSi. The predicted octanol–water partition coefficient (Wildman–Crippen LogP) is 4.18. The Hall–Kier alpha value is -2.37. The monoisotopic (exact) mass is 461 g/mol. The van der Waals surface area contributed by atoms with Gasteiger partial charge in [0, 0.05) is 37.9 Å². The van der Waals surface area contributed by atoms with Crippen LogP contribution < -0.4 is 10.6 Å². The van der Waals surface area contributed by atoms with Crippen LogP contribution in [-0.4, -0.2) is 50.0 Å². The van der Waals surface area contributed by atoms with Crippen LogP contribution in [0.2, 0.25) is 25.7 Å². The Kier molecular flexibility index (Phi) is 6.77. The normalized spacial score (nSPS) is 12.4. The average molecular weight is 462 g/mol. The number of aromatic nitrogens is 5. The summed E-state index contributed by atoms with van der Waals surface area (Å²) in [7, 11) is -1.18. The fourth-order valence-corrected chi connectivity index (χ4v) is 4.12. The van der Waals surface area contributed by atoms with Crippen LogP contribution >= 0.6 is 11.5 Å². The summed E-state index contributed by atoms with van der Waals surface area (Å²) >= 11 is 1.25. The van der Waals surface area contributed by atoms with Crippen LogP contribution in [0.1, 0.15) is 37.0 Å². The van der Waals surface area contributed by atoms with Crippen molar-refractivity contribution >= 4 is 47.6 Å². The molecule has 3 aromatic rings. The summed E-state index contributed by atoms with van der Waals surface area (Å²) in [6.45, 7) is 15.6. The van der Waals surface area contributed by atoms with Gasteiger partial charge in [-0.25, -0.2) is 15.0 Å². The summed E-state index contributed by atoms with van der Waals surface area (Å²) in [5.41, 5.74) is 1.21. The molecule has 0 fully saturated rings. The Labute approximate surface area is 187 Å². The maximum absolute atomic E-state index is 13.0. The Morgan fingerprint density at radius 2 is 2.00 bits per heavy atom. The van der Waals surface area contributed by atoms with Gasteiger partial charge in [0.1, 0.15) is 18.1 Å². The molecule has 0 aliphatic rings. The molecule has 0 aromatic carbocycles. The lowest BCUT2D eigenvalue weighted by molar-refractivity contribution is 0.0886. The van der Waals surface area contributed by atoms with E-state index in [0.717, 1.165) is 6.04 Å². The summed E-state index contributed by atoms with van der Waals surface area (Å²) in [5.74, 6) is 0.996. The van der Waals surface area contributed by atoms with Gasteiger partial charge < -0.3 is 19.9 Å². The molecule has 0 aliphatic heterocycles. The topological polar surface area (TPSA) is 107 Å². The number of fused-ring (bicyclic) bond motifs is 1. The van der Waals surface area contributed by atoms with E-state index in [-0.39, 0.29) is 11.4 Å². The Morgan fingerprint density at radius 1 is 1.26 bits per heavy atom. The summed E-state index contributed by atoms with van der Waals surface area (Å²) < 4.78 is 11.9. The molecule has 3 aromatic heterocycles. The van der Waals surface area contributed by atoms with Gasteiger partial charge in [-0.1, -0.05) is 19.6 Å². The lowest BCUT2D eigenvalue weighted by Crippen LogP contribution is -2.40. The second-order valence-corrected chi connectivity index (χ2v) is 16.1. The van der Waals surface area contributed by atoms with E-state index in [9.17, 15) is 4.79 Å². The molecule has 0 aliphatic carbocycles. The minimum atomic E-state index is -1.18. The molecule has 0 unspecified atom stereocenters. The first-order valence-electron chi connectivity index (χ1n) is 10.2. The maximum atomic E-state index is 13.0. The van der Waals surface area contributed by atoms with Crippen molar-refractivity contribution in [1.29, 1.82) is 0 Å². The zero-order valence-electron chi connectivity index (χ0n) is 19.2. The second kappa shape index (κ2) is 9.01. The molecule has 31 heavy (non-hydrogen) atoms. The van der Waals surface area contributed by atoms with E-state index in [1.807, 2.05) is 32.3 Å². The largest absolute Gasteiger partial charge is 0.361 e. The Balaban J connectivity index is 1.89. The molecule has 168 valence electrons. The first kappa shape index (κ1) is 23.3. The smallest absolute Gasteiger partial charge is 0.255 e. The van der Waals surface area contributed by atoms with Crippen LogP contribution in [-0.2, 0) is 11.5 Å². The number of carbonyl (C=O) groups excluding carboxylic acids is 1. The third kappa shape index (κ3) is 6.55. The summed E-state index contributed by atoms with van der Waals surface area (Å²) in [5, 5.41) is 6.74. The number of rotatable bonds is 8. The number of amides is 1. The van der Waals surface area contributed by atoms with Crippen LogP contribution in [0, 0.1) is 6.92 Å². The minimum absolute atomic E-state index is 0.198. The number of nitrogens with zero attached hydrogens (tertiary/aromatic N) is 5. The molecular weight excluding hydrogens is 430 g/mol. The number of nitrogens with one attached hydrogen (secondary N) is 2. The number of aryl methyl sites for hydroxylation is 1. The van der Waals surface area contributed by atoms with Gasteiger partial charge in [0.05, 0.1) is 11.8 Å². The van der Waals surface area contributed by atoms with Crippen molar-refractivity contribution in [2.75, 3.05) is 11.9 Å². The summed E-state index contributed by atoms with van der Waals surface area (Å²) in [6, 6.07) is 1.07. The molecule has 1 amide bonds. The van der Waals surface area contributed by atoms with E-state index in [1.54, 1.807) is 12.4 Å². The molecule has 0 spiro atoms. The molecule has 0 atom stereocenters. The van der Waals surface area contributed by atoms with E-state index in [2.05, 4.69) is 49.6 Å². The van der Waals surface area contributed by atoms with Crippen molar-refractivity contribution in [2.45, 2.75) is 65.6 Å². The first-order chi connectivity index (χ1) is 14.4. The molecule has 11 heteroatoms. The van der Waals surface area contributed by atoms with E-state index < -0.39 is 8.07 Å². The standard InChI is InChI=1S/C20H31N7O2SSi/c1-13-22-19(30-26-13)24-15-10-21-17-16(23-15)14(18(28)25-20(2,3)4)11-27(17)12-29-8-9-31(5,6)7/h10-11H,8-9,12H2,1-7H3,(H,25,28)(H,22,23,24,26). The number of anilines is 2. The Bertz CT molecular complexity index is 1070. The van der Waals surface area contributed by atoms with Crippen LogP contribution in [0.5, 0.6) is 0 Å². The zero-order valence-corrected chi connectivity index (χ0v) is 21.1. The van der Waals surface area contributed by atoms with Gasteiger partial charge in [-0.15, -0.1) is 0 Å². The quantitative estimate of drug-likeness (QED) is 0.383. The molecule has 0 saturated heterocycles. The second-order valence-electron chi connectivity index (χ2n) is 9.76. The summed E-state index contributed by atoms with van der Waals surface area (Å²) in [6.07, 6.45) is 3.39. The van der Waals surface area contributed by atoms with Crippen LogP contribution in [0.4, 0.5) is 10.9 Å². The van der Waals surface area contributed by atoms with Crippen molar-refractivity contribution in [3.05, 3.63) is 23.8 Å². The maximum Gasteiger partial charge on any atom is 0.255 e. The number of ether oxygens (including phenoxy) is 1. The van der Waals surface area contributed by atoms with Crippen molar-refractivity contribution in [3.63, 3.8) is 0 Å². The molecule has 3 heterocycles. The van der Waals surface area contributed by atoms with Crippen molar-refractivity contribution in [2.24, 2.45) is 0 Å². The van der Waals surface area contributed by atoms with E-state index in [4.69, 9.17) is 4.74 Å². The average Bonchev–Trinajstić information content (AvgIpc) is 3.20. The van der Waals surface area contributed by atoms with Crippen molar-refractivity contribution < 1.29 is 9.53 Å². The van der Waals surface area contributed by atoms with Gasteiger partial charge in [-0.3, -0.25) is 4.79 Å². The third-order valence-electron chi connectivity index (χ3n) is 4.29. The molecule has 0 radical (unpaired) electrons. The van der Waals surface area contributed by atoms with E-state index in [0.29, 0.717) is 46.8 Å². The minimum Gasteiger partial charge on any atom is -0.361 e. The van der Waals surface area contributed by atoms with Crippen LogP contribution in [0.3, 0.4) is 0 Å². The van der Waals surface area contributed by atoms with Crippen molar-refractivity contribution in [1.82, 2.24) is 29.2 Å². The van der Waals surface area contributed by atoms with Gasteiger partial charge in [0.25, 0.3) is 5.91 Å². The van der Waals surface area contributed by atoms with Gasteiger partial charge in [-0.2, -0.15) is 4.37 Å². The number of hydrogen-bond acceptors (Lipinski definition) is 8. The lowest BCUT2D eigenvalue weighted by atomic mass is 10.1. The third-order valence-corrected chi connectivity index (χ3v) is 6.71. The number of hydrogen-bond donors (Lipinski definition) is 2.